The molecule has 0 saturated carbocycles. The number of carbonyl (C=O) groups is 1. The van der Waals surface area contributed by atoms with E-state index in [4.69, 9.17) is 0 Å². The summed E-state index contributed by atoms with van der Waals surface area (Å²) in [5, 5.41) is 4.40. The summed E-state index contributed by atoms with van der Waals surface area (Å²) in [7, 11) is 2.44. The van der Waals surface area contributed by atoms with Crippen molar-refractivity contribution in [3.8, 4) is 5.69 Å². The van der Waals surface area contributed by atoms with Crippen LogP contribution in [-0.4, -0.2) is 34.9 Å². The van der Waals surface area contributed by atoms with Crippen molar-refractivity contribution < 1.29 is 27.2 Å². The molecule has 0 aliphatic heterocycles. The van der Waals surface area contributed by atoms with E-state index in [0.29, 0.717) is 10.7 Å². The van der Waals surface area contributed by atoms with Gasteiger partial charge in [-0.2, -0.15) is 18.3 Å². The third-order valence-corrected chi connectivity index (χ3v) is 2.85. The summed E-state index contributed by atoms with van der Waals surface area (Å²) in [6.07, 6.45) is -4.73. The normalized spacial score (nSPS) is 11.5. The predicted octanol–water partition coefficient (Wildman–Crippen LogP) is 2.66. The van der Waals surface area contributed by atoms with Gasteiger partial charge in [-0.3, -0.25) is 9.63 Å². The van der Waals surface area contributed by atoms with E-state index in [2.05, 4.69) is 9.94 Å². The molecule has 1 aromatic heterocycles. The number of alkyl halides is 3. The van der Waals surface area contributed by atoms with Crippen LogP contribution in [0.25, 0.3) is 5.69 Å². The lowest BCUT2D eigenvalue weighted by atomic mass is 10.3. The summed E-state index contributed by atoms with van der Waals surface area (Å²) >= 11 is 0. The SMILES string of the molecule is CON(C)C(=O)c1cc(C(F)(F)F)n(-c2ccc(F)cc2)n1. The van der Waals surface area contributed by atoms with Crippen LogP contribution in [-0.2, 0) is 11.0 Å². The van der Waals surface area contributed by atoms with Crippen LogP contribution in [0.2, 0.25) is 0 Å². The van der Waals surface area contributed by atoms with Crippen LogP contribution in [0.3, 0.4) is 0 Å². The van der Waals surface area contributed by atoms with Gasteiger partial charge in [-0.05, 0) is 24.3 Å². The molecule has 0 fully saturated rings. The first-order valence-electron chi connectivity index (χ1n) is 5.99. The first-order chi connectivity index (χ1) is 10.2. The molecule has 0 atom stereocenters. The smallest absolute Gasteiger partial charge is 0.274 e. The molecule has 1 amide bonds. The van der Waals surface area contributed by atoms with E-state index in [0.717, 1.165) is 29.3 Å². The minimum absolute atomic E-state index is 0.0205. The molecule has 0 bridgehead atoms. The van der Waals surface area contributed by atoms with Crippen LogP contribution < -0.4 is 0 Å². The van der Waals surface area contributed by atoms with E-state index in [1.54, 1.807) is 0 Å². The van der Waals surface area contributed by atoms with Gasteiger partial charge in [-0.25, -0.2) is 14.1 Å². The first kappa shape index (κ1) is 16.0. The molecule has 0 N–H and O–H groups in total. The average Bonchev–Trinajstić information content (AvgIpc) is 2.91. The van der Waals surface area contributed by atoms with Gasteiger partial charge in [-0.1, -0.05) is 0 Å². The van der Waals surface area contributed by atoms with Crippen molar-refractivity contribution in [2.75, 3.05) is 14.2 Å². The summed E-state index contributed by atoms with van der Waals surface area (Å²) in [5.74, 6) is -1.44. The highest BCUT2D eigenvalue weighted by Gasteiger charge is 2.37. The minimum Gasteiger partial charge on any atom is -0.274 e. The zero-order valence-corrected chi connectivity index (χ0v) is 11.6. The highest BCUT2D eigenvalue weighted by atomic mass is 19.4. The molecule has 2 rings (SSSR count). The van der Waals surface area contributed by atoms with Crippen molar-refractivity contribution in [2.24, 2.45) is 0 Å². The van der Waals surface area contributed by atoms with Crippen molar-refractivity contribution in [2.45, 2.75) is 6.18 Å². The van der Waals surface area contributed by atoms with Crippen molar-refractivity contribution in [1.82, 2.24) is 14.8 Å². The van der Waals surface area contributed by atoms with Crippen LogP contribution in [0, 0.1) is 5.82 Å². The molecule has 22 heavy (non-hydrogen) atoms. The molecule has 1 aromatic carbocycles. The second-order valence-electron chi connectivity index (χ2n) is 4.29. The molecule has 0 saturated heterocycles. The number of halogens is 4. The molecule has 118 valence electrons. The Morgan fingerprint density at radius 3 is 2.36 bits per heavy atom. The Labute approximate surface area is 122 Å². The lowest BCUT2D eigenvalue weighted by Crippen LogP contribution is -2.25. The van der Waals surface area contributed by atoms with Crippen LogP contribution in [0.1, 0.15) is 16.2 Å². The highest BCUT2D eigenvalue weighted by Crippen LogP contribution is 2.31. The fourth-order valence-electron chi connectivity index (χ4n) is 1.71. The number of aromatic nitrogens is 2. The van der Waals surface area contributed by atoms with Gasteiger partial charge < -0.3 is 0 Å². The monoisotopic (exact) mass is 317 g/mol. The lowest BCUT2D eigenvalue weighted by molar-refractivity contribution is -0.142. The van der Waals surface area contributed by atoms with Gasteiger partial charge in [0.1, 0.15) is 11.5 Å². The summed E-state index contributed by atoms with van der Waals surface area (Å²) in [6.45, 7) is 0. The maximum Gasteiger partial charge on any atom is 0.433 e. The molecule has 1 heterocycles. The van der Waals surface area contributed by atoms with E-state index < -0.39 is 29.3 Å². The van der Waals surface area contributed by atoms with Crippen molar-refractivity contribution in [3.05, 3.63) is 47.5 Å². The maximum atomic E-state index is 13.1. The second kappa shape index (κ2) is 5.76. The Kier molecular flexibility index (Phi) is 4.18. The quantitative estimate of drug-likeness (QED) is 0.646. The fraction of sp³-hybridized carbons (Fsp3) is 0.231. The molecule has 0 radical (unpaired) electrons. The maximum absolute atomic E-state index is 13.1. The number of nitrogens with zero attached hydrogens (tertiary/aromatic N) is 3. The molecule has 0 aliphatic rings. The third-order valence-electron chi connectivity index (χ3n) is 2.85. The molecule has 5 nitrogen and oxygen atoms in total. The van der Waals surface area contributed by atoms with Crippen molar-refractivity contribution >= 4 is 5.91 Å². The van der Waals surface area contributed by atoms with Crippen molar-refractivity contribution in [3.63, 3.8) is 0 Å². The number of carbonyl (C=O) groups excluding carboxylic acids is 1. The Bertz CT molecular complexity index is 680. The van der Waals surface area contributed by atoms with E-state index in [1.165, 1.54) is 14.2 Å². The van der Waals surface area contributed by atoms with E-state index in [9.17, 15) is 22.4 Å². The van der Waals surface area contributed by atoms with Crippen LogP contribution in [0.15, 0.2) is 30.3 Å². The van der Waals surface area contributed by atoms with Crippen molar-refractivity contribution in [1.29, 1.82) is 0 Å². The topological polar surface area (TPSA) is 47.4 Å². The molecule has 0 spiro atoms. The number of hydroxylamine groups is 2. The van der Waals surface area contributed by atoms with Crippen LogP contribution in [0.5, 0.6) is 0 Å². The van der Waals surface area contributed by atoms with E-state index in [1.807, 2.05) is 0 Å². The largest absolute Gasteiger partial charge is 0.433 e. The number of rotatable bonds is 3. The van der Waals surface area contributed by atoms with Gasteiger partial charge in [0, 0.05) is 13.1 Å². The molecular formula is C13H11F4N3O2. The van der Waals surface area contributed by atoms with Gasteiger partial charge in [-0.15, -0.1) is 0 Å². The summed E-state index contributed by atoms with van der Waals surface area (Å²) < 4.78 is 52.7. The van der Waals surface area contributed by atoms with Gasteiger partial charge in [0.25, 0.3) is 5.91 Å². The molecule has 0 unspecified atom stereocenters. The summed E-state index contributed by atoms with van der Waals surface area (Å²) in [5.41, 5.74) is -1.61. The highest BCUT2D eigenvalue weighted by molar-refractivity contribution is 5.91. The Balaban J connectivity index is 2.54. The van der Waals surface area contributed by atoms with Gasteiger partial charge in [0.15, 0.2) is 5.69 Å². The molecule has 9 heteroatoms. The molecule has 0 aliphatic carbocycles. The Hall–Kier alpha value is -2.42. The zero-order chi connectivity index (χ0) is 16.5. The average molecular weight is 317 g/mol. The second-order valence-corrected chi connectivity index (χ2v) is 4.29. The van der Waals surface area contributed by atoms with E-state index in [-0.39, 0.29) is 5.69 Å². The van der Waals surface area contributed by atoms with Gasteiger partial charge in [0.05, 0.1) is 12.8 Å². The van der Waals surface area contributed by atoms with Gasteiger partial charge in [0.2, 0.25) is 0 Å². The standard InChI is InChI=1S/C13H11F4N3O2/c1-19(22-2)12(21)10-7-11(13(15,16)17)20(18-10)9-5-3-8(14)4-6-9/h3-7H,1-2H3. The predicted molar refractivity (Wildman–Crippen MR) is 67.6 cm³/mol. The molecule has 2 aromatic rings. The minimum atomic E-state index is -4.73. The molecular weight excluding hydrogens is 306 g/mol. The Morgan fingerprint density at radius 2 is 1.86 bits per heavy atom. The summed E-state index contributed by atoms with van der Waals surface area (Å²) in [6, 6.07) is 4.87. The number of hydrogen-bond donors (Lipinski definition) is 0. The number of amides is 1. The van der Waals surface area contributed by atoms with Crippen LogP contribution >= 0.6 is 0 Å². The number of hydrogen-bond acceptors (Lipinski definition) is 3. The summed E-state index contributed by atoms with van der Waals surface area (Å²) in [4.78, 5) is 16.5. The van der Waals surface area contributed by atoms with Crippen LogP contribution in [0.4, 0.5) is 17.6 Å². The third kappa shape index (κ3) is 3.08. The number of benzene rings is 1. The fourth-order valence-corrected chi connectivity index (χ4v) is 1.71. The van der Waals surface area contributed by atoms with E-state index >= 15 is 0 Å². The lowest BCUT2D eigenvalue weighted by Gasteiger charge is -2.11. The zero-order valence-electron chi connectivity index (χ0n) is 11.6. The van der Waals surface area contributed by atoms with Gasteiger partial charge >= 0.3 is 6.18 Å². The Morgan fingerprint density at radius 1 is 1.27 bits per heavy atom. The first-order valence-corrected chi connectivity index (χ1v) is 5.99.